The summed E-state index contributed by atoms with van der Waals surface area (Å²) in [7, 11) is 3.35. The molecule has 0 saturated carbocycles. The van der Waals surface area contributed by atoms with Crippen LogP contribution in [0.1, 0.15) is 18.1 Å². The SMILES string of the molecule is COc1ccc(OC)c(CCc2ccc(N(C(C)=O)c3ccccc3)cc2)c1. The van der Waals surface area contributed by atoms with E-state index in [-0.39, 0.29) is 5.91 Å². The van der Waals surface area contributed by atoms with Crippen LogP contribution in [0.3, 0.4) is 0 Å². The molecule has 0 unspecified atom stereocenters. The number of hydrogen-bond donors (Lipinski definition) is 0. The number of carbonyl (C=O) groups excluding carboxylic acids is 1. The van der Waals surface area contributed by atoms with Gasteiger partial charge in [-0.3, -0.25) is 9.69 Å². The van der Waals surface area contributed by atoms with Crippen molar-refractivity contribution in [2.45, 2.75) is 19.8 Å². The number of benzene rings is 3. The topological polar surface area (TPSA) is 38.8 Å². The van der Waals surface area contributed by atoms with Crippen LogP contribution in [0.4, 0.5) is 11.4 Å². The second kappa shape index (κ2) is 9.09. The van der Waals surface area contributed by atoms with E-state index in [9.17, 15) is 4.79 Å². The maximum Gasteiger partial charge on any atom is 0.228 e. The first-order valence-corrected chi connectivity index (χ1v) is 9.28. The van der Waals surface area contributed by atoms with Crippen LogP contribution in [-0.2, 0) is 17.6 Å². The molecule has 0 aromatic heterocycles. The van der Waals surface area contributed by atoms with E-state index in [2.05, 4.69) is 12.1 Å². The van der Waals surface area contributed by atoms with Crippen LogP contribution in [0.15, 0.2) is 72.8 Å². The Bertz CT molecular complexity index is 920. The molecule has 0 aliphatic heterocycles. The minimum absolute atomic E-state index is 0.0138. The van der Waals surface area contributed by atoms with Gasteiger partial charge in [-0.25, -0.2) is 0 Å². The lowest BCUT2D eigenvalue weighted by atomic mass is 10.0. The summed E-state index contributed by atoms with van der Waals surface area (Å²) in [5, 5.41) is 0. The third-order valence-electron chi connectivity index (χ3n) is 4.69. The summed E-state index contributed by atoms with van der Waals surface area (Å²) in [6, 6.07) is 23.6. The average molecular weight is 375 g/mol. The molecule has 28 heavy (non-hydrogen) atoms. The smallest absolute Gasteiger partial charge is 0.228 e. The van der Waals surface area contributed by atoms with Gasteiger partial charge < -0.3 is 9.47 Å². The number of amides is 1. The molecular weight excluding hydrogens is 350 g/mol. The van der Waals surface area contributed by atoms with Gasteiger partial charge in [0.1, 0.15) is 11.5 Å². The minimum atomic E-state index is -0.0138. The van der Waals surface area contributed by atoms with Gasteiger partial charge >= 0.3 is 0 Å². The lowest BCUT2D eigenvalue weighted by Crippen LogP contribution is -2.22. The van der Waals surface area contributed by atoms with Gasteiger partial charge in [0.2, 0.25) is 5.91 Å². The van der Waals surface area contributed by atoms with Crippen molar-refractivity contribution in [3.05, 3.63) is 83.9 Å². The lowest BCUT2D eigenvalue weighted by molar-refractivity contribution is -0.115. The van der Waals surface area contributed by atoms with Gasteiger partial charge in [0.15, 0.2) is 0 Å². The highest BCUT2D eigenvalue weighted by Crippen LogP contribution is 2.28. The lowest BCUT2D eigenvalue weighted by Gasteiger charge is -2.21. The van der Waals surface area contributed by atoms with Crippen LogP contribution in [0.5, 0.6) is 11.5 Å². The molecule has 0 fully saturated rings. The van der Waals surface area contributed by atoms with Crippen molar-refractivity contribution in [3.63, 3.8) is 0 Å². The summed E-state index contributed by atoms with van der Waals surface area (Å²) in [6.07, 6.45) is 1.71. The predicted molar refractivity (Wildman–Crippen MR) is 113 cm³/mol. The maximum atomic E-state index is 12.2. The van der Waals surface area contributed by atoms with Crippen molar-refractivity contribution >= 4 is 17.3 Å². The summed E-state index contributed by atoms with van der Waals surface area (Å²) in [5.74, 6) is 1.68. The average Bonchev–Trinajstić information content (AvgIpc) is 2.73. The normalized spacial score (nSPS) is 10.4. The summed E-state index contributed by atoms with van der Waals surface area (Å²) in [4.78, 5) is 13.9. The van der Waals surface area contributed by atoms with Gasteiger partial charge in [-0.2, -0.15) is 0 Å². The molecule has 0 bridgehead atoms. The van der Waals surface area contributed by atoms with Crippen LogP contribution < -0.4 is 14.4 Å². The Morgan fingerprint density at radius 3 is 2.11 bits per heavy atom. The van der Waals surface area contributed by atoms with Crippen LogP contribution >= 0.6 is 0 Å². The second-order valence-corrected chi connectivity index (χ2v) is 6.53. The maximum absolute atomic E-state index is 12.2. The van der Waals surface area contributed by atoms with Gasteiger partial charge in [0.25, 0.3) is 0 Å². The number of nitrogens with zero attached hydrogens (tertiary/aromatic N) is 1. The number of carbonyl (C=O) groups is 1. The molecule has 3 rings (SSSR count). The summed E-state index contributed by atoms with van der Waals surface area (Å²) in [5.41, 5.74) is 4.04. The molecule has 0 aliphatic rings. The van der Waals surface area contributed by atoms with Gasteiger partial charge in [0.05, 0.1) is 14.2 Å². The van der Waals surface area contributed by atoms with Crippen LogP contribution in [0, 0.1) is 0 Å². The number of rotatable bonds is 7. The number of hydrogen-bond acceptors (Lipinski definition) is 3. The fraction of sp³-hybridized carbons (Fsp3) is 0.208. The Balaban J connectivity index is 1.75. The quantitative estimate of drug-likeness (QED) is 0.572. The molecule has 4 nitrogen and oxygen atoms in total. The summed E-state index contributed by atoms with van der Waals surface area (Å²) < 4.78 is 10.8. The highest BCUT2D eigenvalue weighted by Gasteiger charge is 2.13. The van der Waals surface area contributed by atoms with Crippen LogP contribution in [-0.4, -0.2) is 20.1 Å². The van der Waals surface area contributed by atoms with Crippen LogP contribution in [0.25, 0.3) is 0 Å². The van der Waals surface area contributed by atoms with Gasteiger partial charge in [-0.05, 0) is 66.4 Å². The molecule has 0 aliphatic carbocycles. The van der Waals surface area contributed by atoms with Crippen LogP contribution in [0.2, 0.25) is 0 Å². The van der Waals surface area contributed by atoms with E-state index >= 15 is 0 Å². The number of methoxy groups -OCH3 is 2. The highest BCUT2D eigenvalue weighted by atomic mass is 16.5. The summed E-state index contributed by atoms with van der Waals surface area (Å²) >= 11 is 0. The molecule has 0 atom stereocenters. The fourth-order valence-electron chi connectivity index (χ4n) is 3.26. The molecule has 3 aromatic rings. The van der Waals surface area contributed by atoms with Crippen molar-refractivity contribution < 1.29 is 14.3 Å². The molecule has 0 saturated heterocycles. The van der Waals surface area contributed by atoms with Gasteiger partial charge in [0, 0.05) is 18.3 Å². The van der Waals surface area contributed by atoms with Crippen molar-refractivity contribution in [1.29, 1.82) is 0 Å². The molecule has 0 spiro atoms. The largest absolute Gasteiger partial charge is 0.497 e. The van der Waals surface area contributed by atoms with Crippen molar-refractivity contribution in [3.8, 4) is 11.5 Å². The zero-order valence-electron chi connectivity index (χ0n) is 16.5. The van der Waals surface area contributed by atoms with E-state index in [0.29, 0.717) is 0 Å². The third kappa shape index (κ3) is 4.52. The zero-order valence-corrected chi connectivity index (χ0v) is 16.5. The first-order valence-electron chi connectivity index (χ1n) is 9.28. The van der Waals surface area contributed by atoms with E-state index in [4.69, 9.17) is 9.47 Å². The van der Waals surface area contributed by atoms with E-state index in [1.807, 2.05) is 60.7 Å². The molecule has 144 valence electrons. The molecular formula is C24H25NO3. The number of anilines is 2. The highest BCUT2D eigenvalue weighted by molar-refractivity contribution is 5.98. The number of ether oxygens (including phenoxy) is 2. The minimum Gasteiger partial charge on any atom is -0.497 e. The van der Waals surface area contributed by atoms with E-state index < -0.39 is 0 Å². The number of para-hydroxylation sites is 1. The third-order valence-corrected chi connectivity index (χ3v) is 4.69. The first-order chi connectivity index (χ1) is 13.6. The predicted octanol–water partition coefficient (Wildman–Crippen LogP) is 5.17. The van der Waals surface area contributed by atoms with Gasteiger partial charge in [-0.15, -0.1) is 0 Å². The molecule has 4 heteroatoms. The Morgan fingerprint density at radius 1 is 0.821 bits per heavy atom. The molecule has 3 aromatic carbocycles. The monoisotopic (exact) mass is 375 g/mol. The zero-order chi connectivity index (χ0) is 19.9. The first kappa shape index (κ1) is 19.5. The Kier molecular flexibility index (Phi) is 6.33. The van der Waals surface area contributed by atoms with E-state index in [0.717, 1.165) is 41.3 Å². The standard InChI is InChI=1S/C24H25NO3/c1-18(26)25(21-7-5-4-6-8-21)22-13-10-19(11-14-22)9-12-20-17-23(27-2)15-16-24(20)28-3/h4-8,10-11,13-17H,9,12H2,1-3H3. The van der Waals surface area contributed by atoms with Crippen molar-refractivity contribution in [2.24, 2.45) is 0 Å². The van der Waals surface area contributed by atoms with E-state index in [1.54, 1.807) is 26.0 Å². The molecule has 0 heterocycles. The second-order valence-electron chi connectivity index (χ2n) is 6.53. The Morgan fingerprint density at radius 2 is 1.50 bits per heavy atom. The Labute approximate surface area is 166 Å². The van der Waals surface area contributed by atoms with Crippen molar-refractivity contribution in [2.75, 3.05) is 19.1 Å². The molecule has 0 radical (unpaired) electrons. The summed E-state index contributed by atoms with van der Waals surface area (Å²) in [6.45, 7) is 1.58. The van der Waals surface area contributed by atoms with E-state index in [1.165, 1.54) is 5.56 Å². The fourth-order valence-corrected chi connectivity index (χ4v) is 3.26. The molecule has 0 N–H and O–H groups in total. The number of aryl methyl sites for hydroxylation is 2. The Hall–Kier alpha value is -3.27. The molecule has 1 amide bonds. The van der Waals surface area contributed by atoms with Crippen molar-refractivity contribution in [1.82, 2.24) is 0 Å². The van der Waals surface area contributed by atoms with Gasteiger partial charge in [-0.1, -0.05) is 30.3 Å².